The number of nitrogens with zero attached hydrogens (tertiary/aromatic N) is 2. The summed E-state index contributed by atoms with van der Waals surface area (Å²) in [5.74, 6) is -0.0781. The lowest BCUT2D eigenvalue weighted by Crippen LogP contribution is -2.35. The summed E-state index contributed by atoms with van der Waals surface area (Å²) in [7, 11) is 0. The van der Waals surface area contributed by atoms with E-state index in [0.717, 1.165) is 23.5 Å². The number of aliphatic hydroxyl groups is 1. The molecule has 0 spiro atoms. The van der Waals surface area contributed by atoms with Crippen molar-refractivity contribution in [3.8, 4) is 0 Å². The lowest BCUT2D eigenvalue weighted by atomic mass is 10.1. The van der Waals surface area contributed by atoms with Gasteiger partial charge >= 0.3 is 0 Å². The molecule has 0 saturated carbocycles. The summed E-state index contributed by atoms with van der Waals surface area (Å²) in [4.78, 5) is 16.9. The van der Waals surface area contributed by atoms with Crippen LogP contribution in [0.3, 0.4) is 0 Å². The summed E-state index contributed by atoms with van der Waals surface area (Å²) in [6, 6.07) is 7.76. The van der Waals surface area contributed by atoms with Crippen LogP contribution in [0.25, 0.3) is 0 Å². The molecule has 23 heavy (non-hydrogen) atoms. The maximum atomic E-state index is 12.5. The zero-order valence-corrected chi connectivity index (χ0v) is 14.0. The van der Waals surface area contributed by atoms with Gasteiger partial charge in [0.15, 0.2) is 0 Å². The monoisotopic (exact) mass is 315 g/mol. The fourth-order valence-corrected chi connectivity index (χ4v) is 2.73. The van der Waals surface area contributed by atoms with E-state index in [1.807, 2.05) is 45.0 Å². The van der Waals surface area contributed by atoms with E-state index in [-0.39, 0.29) is 18.6 Å². The minimum absolute atomic E-state index is 0.00588. The Kier molecular flexibility index (Phi) is 5.93. The Morgan fingerprint density at radius 1 is 1.39 bits per heavy atom. The second kappa shape index (κ2) is 7.92. The smallest absolute Gasteiger partial charge is 0.253 e. The number of nitrogens with one attached hydrogen (secondary N) is 1. The minimum Gasteiger partial charge on any atom is -0.396 e. The SMILES string of the molecule is CCC(CCO)NC(=O)c1cc(C)n(Cc2ccccn2)c1C. The number of aliphatic hydroxyl groups excluding tert-OH is 1. The summed E-state index contributed by atoms with van der Waals surface area (Å²) in [6.07, 6.45) is 3.16. The van der Waals surface area contributed by atoms with Crippen molar-refractivity contribution in [3.05, 3.63) is 53.1 Å². The van der Waals surface area contributed by atoms with E-state index >= 15 is 0 Å². The lowest BCUT2D eigenvalue weighted by molar-refractivity contribution is 0.0928. The van der Waals surface area contributed by atoms with Crippen molar-refractivity contribution in [3.63, 3.8) is 0 Å². The van der Waals surface area contributed by atoms with E-state index < -0.39 is 0 Å². The van der Waals surface area contributed by atoms with Crippen LogP contribution in [0.4, 0.5) is 0 Å². The van der Waals surface area contributed by atoms with Crippen molar-refractivity contribution in [2.24, 2.45) is 0 Å². The van der Waals surface area contributed by atoms with Crippen LogP contribution in [-0.4, -0.2) is 33.2 Å². The molecule has 124 valence electrons. The largest absolute Gasteiger partial charge is 0.396 e. The van der Waals surface area contributed by atoms with Gasteiger partial charge in [0.2, 0.25) is 0 Å². The molecular weight excluding hydrogens is 290 g/mol. The van der Waals surface area contributed by atoms with Crippen molar-refractivity contribution in [2.75, 3.05) is 6.61 Å². The zero-order valence-electron chi connectivity index (χ0n) is 14.0. The summed E-state index contributed by atoms with van der Waals surface area (Å²) < 4.78 is 2.10. The number of carbonyl (C=O) groups excluding carboxylic acids is 1. The number of aromatic nitrogens is 2. The first-order valence-corrected chi connectivity index (χ1v) is 8.05. The standard InChI is InChI=1S/C18H25N3O2/c1-4-15(8-10-22)20-18(23)17-11-13(2)21(14(17)3)12-16-7-5-6-9-19-16/h5-7,9,11,15,22H,4,8,10,12H2,1-3H3,(H,20,23). The topological polar surface area (TPSA) is 67.2 Å². The molecule has 0 aromatic carbocycles. The Hall–Kier alpha value is -2.14. The van der Waals surface area contributed by atoms with Gasteiger partial charge in [-0.3, -0.25) is 9.78 Å². The molecule has 0 aliphatic heterocycles. The van der Waals surface area contributed by atoms with E-state index in [1.54, 1.807) is 6.20 Å². The Morgan fingerprint density at radius 2 is 2.17 bits per heavy atom. The Balaban J connectivity index is 2.18. The molecule has 0 aliphatic rings. The zero-order chi connectivity index (χ0) is 16.8. The fourth-order valence-electron chi connectivity index (χ4n) is 2.73. The molecule has 5 nitrogen and oxygen atoms in total. The maximum absolute atomic E-state index is 12.5. The van der Waals surface area contributed by atoms with Crippen LogP contribution in [0.5, 0.6) is 0 Å². The fraction of sp³-hybridized carbons (Fsp3) is 0.444. The number of carbonyl (C=O) groups is 1. The molecule has 2 aromatic heterocycles. The van der Waals surface area contributed by atoms with Gasteiger partial charge in [-0.1, -0.05) is 13.0 Å². The summed E-state index contributed by atoms with van der Waals surface area (Å²) in [6.45, 7) is 6.69. The maximum Gasteiger partial charge on any atom is 0.253 e. The van der Waals surface area contributed by atoms with Crippen LogP contribution in [-0.2, 0) is 6.54 Å². The summed E-state index contributed by atoms with van der Waals surface area (Å²) in [5, 5.41) is 12.1. The van der Waals surface area contributed by atoms with E-state index in [9.17, 15) is 4.79 Å². The predicted molar refractivity (Wildman–Crippen MR) is 90.5 cm³/mol. The van der Waals surface area contributed by atoms with Crippen molar-refractivity contribution in [2.45, 2.75) is 46.2 Å². The predicted octanol–water partition coefficient (Wildman–Crippen LogP) is 2.44. The van der Waals surface area contributed by atoms with Crippen LogP contribution in [0.1, 0.15) is 47.2 Å². The molecule has 2 N–H and O–H groups in total. The van der Waals surface area contributed by atoms with Gasteiger partial charge in [0.05, 0.1) is 17.8 Å². The van der Waals surface area contributed by atoms with Crippen LogP contribution < -0.4 is 5.32 Å². The minimum atomic E-state index is -0.0781. The molecule has 0 aliphatic carbocycles. The molecule has 5 heteroatoms. The third-order valence-corrected chi connectivity index (χ3v) is 4.17. The second-order valence-corrected chi connectivity index (χ2v) is 5.78. The van der Waals surface area contributed by atoms with Gasteiger partial charge in [0, 0.05) is 30.2 Å². The van der Waals surface area contributed by atoms with Gasteiger partial charge in [-0.05, 0) is 44.9 Å². The molecule has 1 atom stereocenters. The third kappa shape index (κ3) is 4.20. The molecule has 2 rings (SSSR count). The van der Waals surface area contributed by atoms with Crippen LogP contribution in [0, 0.1) is 13.8 Å². The number of hydrogen-bond acceptors (Lipinski definition) is 3. The first-order valence-electron chi connectivity index (χ1n) is 8.05. The highest BCUT2D eigenvalue weighted by molar-refractivity contribution is 5.95. The number of aryl methyl sites for hydroxylation is 1. The number of hydrogen-bond donors (Lipinski definition) is 2. The van der Waals surface area contributed by atoms with Gasteiger partial charge in [-0.2, -0.15) is 0 Å². The molecule has 1 amide bonds. The molecule has 2 heterocycles. The van der Waals surface area contributed by atoms with Crippen molar-refractivity contribution < 1.29 is 9.90 Å². The van der Waals surface area contributed by atoms with Gasteiger partial charge in [-0.15, -0.1) is 0 Å². The highest BCUT2D eigenvalue weighted by Crippen LogP contribution is 2.17. The van der Waals surface area contributed by atoms with Gasteiger partial charge in [0.1, 0.15) is 0 Å². The molecular formula is C18H25N3O2. The normalized spacial score (nSPS) is 12.2. The second-order valence-electron chi connectivity index (χ2n) is 5.78. The van der Waals surface area contributed by atoms with Crippen molar-refractivity contribution >= 4 is 5.91 Å². The Bertz CT molecular complexity index is 650. The van der Waals surface area contributed by atoms with E-state index in [4.69, 9.17) is 5.11 Å². The van der Waals surface area contributed by atoms with Gasteiger partial charge in [0.25, 0.3) is 5.91 Å². The summed E-state index contributed by atoms with van der Waals surface area (Å²) in [5.41, 5.74) is 3.63. The lowest BCUT2D eigenvalue weighted by Gasteiger charge is -2.16. The highest BCUT2D eigenvalue weighted by atomic mass is 16.3. The molecule has 2 aromatic rings. The molecule has 0 radical (unpaired) electrons. The van der Waals surface area contributed by atoms with Crippen LogP contribution in [0.15, 0.2) is 30.5 Å². The molecule has 0 saturated heterocycles. The average molecular weight is 315 g/mol. The van der Waals surface area contributed by atoms with E-state index in [1.165, 1.54) is 0 Å². The first kappa shape index (κ1) is 17.2. The first-order chi connectivity index (χ1) is 11.1. The number of amides is 1. The van der Waals surface area contributed by atoms with Crippen molar-refractivity contribution in [1.82, 2.24) is 14.9 Å². The Labute approximate surface area is 137 Å². The van der Waals surface area contributed by atoms with Crippen LogP contribution >= 0.6 is 0 Å². The number of pyridine rings is 1. The third-order valence-electron chi connectivity index (χ3n) is 4.17. The van der Waals surface area contributed by atoms with Gasteiger partial charge < -0.3 is 15.0 Å². The van der Waals surface area contributed by atoms with Gasteiger partial charge in [-0.25, -0.2) is 0 Å². The molecule has 0 bridgehead atoms. The van der Waals surface area contributed by atoms with Crippen LogP contribution in [0.2, 0.25) is 0 Å². The number of rotatable bonds is 7. The Morgan fingerprint density at radius 3 is 2.78 bits per heavy atom. The van der Waals surface area contributed by atoms with E-state index in [0.29, 0.717) is 18.5 Å². The van der Waals surface area contributed by atoms with E-state index in [2.05, 4.69) is 14.9 Å². The quantitative estimate of drug-likeness (QED) is 0.824. The highest BCUT2D eigenvalue weighted by Gasteiger charge is 2.18. The van der Waals surface area contributed by atoms with Crippen molar-refractivity contribution in [1.29, 1.82) is 0 Å². The summed E-state index contributed by atoms with van der Waals surface area (Å²) >= 11 is 0. The average Bonchev–Trinajstić information content (AvgIpc) is 2.83. The molecule has 0 fully saturated rings. The molecule has 1 unspecified atom stereocenters.